The third kappa shape index (κ3) is 1.59. The lowest BCUT2D eigenvalue weighted by atomic mass is 10.3. The molecule has 3 nitrogen and oxygen atoms in total. The van der Waals surface area contributed by atoms with Crippen molar-refractivity contribution in [3.05, 3.63) is 41.2 Å². The van der Waals surface area contributed by atoms with E-state index in [9.17, 15) is 0 Å². The molecule has 0 atom stereocenters. The van der Waals surface area contributed by atoms with Gasteiger partial charge in [-0.1, -0.05) is 11.6 Å². The summed E-state index contributed by atoms with van der Waals surface area (Å²) >= 11 is 5.88. The fourth-order valence-corrected chi connectivity index (χ4v) is 1.31. The standard InChI is InChI=1S/C10H9ClN2O/c1-7-10(11)6-13(12-7)8-2-4-9(14)5-3-8/h2-6,14H,1H3. The molecule has 0 saturated carbocycles. The summed E-state index contributed by atoms with van der Waals surface area (Å²) in [5.41, 5.74) is 1.66. The van der Waals surface area contributed by atoms with Crippen LogP contribution in [0, 0.1) is 6.92 Å². The van der Waals surface area contributed by atoms with Crippen molar-refractivity contribution in [3.63, 3.8) is 0 Å². The molecule has 0 radical (unpaired) electrons. The van der Waals surface area contributed by atoms with E-state index in [4.69, 9.17) is 16.7 Å². The summed E-state index contributed by atoms with van der Waals surface area (Å²) in [7, 11) is 0. The molecule has 72 valence electrons. The molecule has 14 heavy (non-hydrogen) atoms. The number of hydrogen-bond acceptors (Lipinski definition) is 2. The van der Waals surface area contributed by atoms with Gasteiger partial charge in [-0.05, 0) is 31.2 Å². The Bertz CT molecular complexity index is 428. The predicted octanol–water partition coefficient (Wildman–Crippen LogP) is 2.54. The van der Waals surface area contributed by atoms with E-state index in [2.05, 4.69) is 5.10 Å². The lowest BCUT2D eigenvalue weighted by molar-refractivity contribution is 0.475. The number of aromatic hydroxyl groups is 1. The fourth-order valence-electron chi connectivity index (χ4n) is 1.18. The first-order valence-corrected chi connectivity index (χ1v) is 4.56. The van der Waals surface area contributed by atoms with Crippen LogP contribution in [-0.4, -0.2) is 14.9 Å². The third-order valence-corrected chi connectivity index (χ3v) is 2.32. The van der Waals surface area contributed by atoms with E-state index < -0.39 is 0 Å². The van der Waals surface area contributed by atoms with E-state index >= 15 is 0 Å². The second kappa shape index (κ2) is 3.35. The molecule has 0 spiro atoms. The Hall–Kier alpha value is -1.48. The van der Waals surface area contributed by atoms with Gasteiger partial charge in [0.1, 0.15) is 5.75 Å². The minimum absolute atomic E-state index is 0.240. The third-order valence-electron chi connectivity index (χ3n) is 1.95. The molecule has 0 aliphatic heterocycles. The highest BCUT2D eigenvalue weighted by molar-refractivity contribution is 6.31. The lowest BCUT2D eigenvalue weighted by Gasteiger charge is -1.99. The van der Waals surface area contributed by atoms with Gasteiger partial charge in [-0.2, -0.15) is 5.10 Å². The molecule has 0 unspecified atom stereocenters. The zero-order valence-electron chi connectivity index (χ0n) is 7.61. The summed E-state index contributed by atoms with van der Waals surface area (Å²) in [4.78, 5) is 0. The zero-order chi connectivity index (χ0) is 10.1. The summed E-state index contributed by atoms with van der Waals surface area (Å²) in [5, 5.41) is 14.0. The molecule has 4 heteroatoms. The van der Waals surface area contributed by atoms with Crippen LogP contribution in [0.2, 0.25) is 5.02 Å². The molecule has 1 N–H and O–H groups in total. The van der Waals surface area contributed by atoms with Crippen LogP contribution in [0.25, 0.3) is 5.69 Å². The van der Waals surface area contributed by atoms with Crippen LogP contribution >= 0.6 is 11.6 Å². The van der Waals surface area contributed by atoms with Gasteiger partial charge in [-0.3, -0.25) is 0 Å². The maximum Gasteiger partial charge on any atom is 0.115 e. The van der Waals surface area contributed by atoms with Crippen molar-refractivity contribution in [2.24, 2.45) is 0 Å². The molecule has 1 heterocycles. The molecule has 0 fully saturated rings. The van der Waals surface area contributed by atoms with Gasteiger partial charge in [-0.15, -0.1) is 0 Å². The molecule has 1 aromatic carbocycles. The number of phenolic OH excluding ortho intramolecular Hbond substituents is 1. The fraction of sp³-hybridized carbons (Fsp3) is 0.100. The highest BCUT2D eigenvalue weighted by Gasteiger charge is 2.03. The Labute approximate surface area is 86.6 Å². The second-order valence-electron chi connectivity index (χ2n) is 3.02. The van der Waals surface area contributed by atoms with Crippen molar-refractivity contribution in [1.82, 2.24) is 9.78 Å². The van der Waals surface area contributed by atoms with Crippen LogP contribution in [0.4, 0.5) is 0 Å². The molecule has 0 aliphatic carbocycles. The van der Waals surface area contributed by atoms with E-state index in [1.807, 2.05) is 6.92 Å². The van der Waals surface area contributed by atoms with Crippen molar-refractivity contribution in [2.45, 2.75) is 6.92 Å². The molecule has 0 bridgehead atoms. The number of aromatic nitrogens is 2. The maximum absolute atomic E-state index is 9.11. The van der Waals surface area contributed by atoms with Crippen molar-refractivity contribution in [2.75, 3.05) is 0 Å². The monoisotopic (exact) mass is 208 g/mol. The Morgan fingerprint density at radius 1 is 1.29 bits per heavy atom. The minimum atomic E-state index is 0.240. The highest BCUT2D eigenvalue weighted by atomic mass is 35.5. The Balaban J connectivity index is 2.44. The molecule has 0 aliphatic rings. The SMILES string of the molecule is Cc1nn(-c2ccc(O)cc2)cc1Cl. The van der Waals surface area contributed by atoms with E-state index in [1.165, 1.54) is 0 Å². The smallest absolute Gasteiger partial charge is 0.115 e. The van der Waals surface area contributed by atoms with Gasteiger partial charge in [0.25, 0.3) is 0 Å². The quantitative estimate of drug-likeness (QED) is 0.782. The molecular formula is C10H9ClN2O. The average molecular weight is 209 g/mol. The first-order valence-electron chi connectivity index (χ1n) is 4.18. The number of benzene rings is 1. The van der Waals surface area contributed by atoms with Gasteiger partial charge < -0.3 is 5.11 Å². The van der Waals surface area contributed by atoms with Crippen LogP contribution in [0.3, 0.4) is 0 Å². The normalized spacial score (nSPS) is 10.4. The van der Waals surface area contributed by atoms with Gasteiger partial charge >= 0.3 is 0 Å². The van der Waals surface area contributed by atoms with Crippen LogP contribution in [0.5, 0.6) is 5.75 Å². The van der Waals surface area contributed by atoms with E-state index in [0.717, 1.165) is 11.4 Å². The molecule has 1 aromatic heterocycles. The topological polar surface area (TPSA) is 38.0 Å². The van der Waals surface area contributed by atoms with Gasteiger partial charge in [0.2, 0.25) is 0 Å². The van der Waals surface area contributed by atoms with Crippen molar-refractivity contribution in [3.8, 4) is 11.4 Å². The van der Waals surface area contributed by atoms with Crippen molar-refractivity contribution >= 4 is 11.6 Å². The number of rotatable bonds is 1. The molecule has 2 rings (SSSR count). The van der Waals surface area contributed by atoms with Crippen LogP contribution in [0.15, 0.2) is 30.5 Å². The van der Waals surface area contributed by atoms with E-state index in [1.54, 1.807) is 35.1 Å². The maximum atomic E-state index is 9.11. The molecule has 0 saturated heterocycles. The van der Waals surface area contributed by atoms with Crippen LogP contribution < -0.4 is 0 Å². The minimum Gasteiger partial charge on any atom is -0.508 e. The molecule has 2 aromatic rings. The summed E-state index contributed by atoms with van der Waals surface area (Å²) in [6, 6.07) is 6.77. The Kier molecular flexibility index (Phi) is 2.17. The van der Waals surface area contributed by atoms with Crippen LogP contribution in [-0.2, 0) is 0 Å². The number of phenols is 1. The zero-order valence-corrected chi connectivity index (χ0v) is 8.36. The van der Waals surface area contributed by atoms with E-state index in [-0.39, 0.29) is 5.75 Å². The number of halogens is 1. The Morgan fingerprint density at radius 2 is 1.93 bits per heavy atom. The average Bonchev–Trinajstić information content (AvgIpc) is 2.48. The summed E-state index contributed by atoms with van der Waals surface area (Å²) in [6.07, 6.45) is 1.74. The first kappa shape index (κ1) is 9.09. The van der Waals surface area contributed by atoms with Gasteiger partial charge in [-0.25, -0.2) is 4.68 Å². The molecular weight excluding hydrogens is 200 g/mol. The number of nitrogens with zero attached hydrogens (tertiary/aromatic N) is 2. The number of hydrogen-bond donors (Lipinski definition) is 1. The lowest BCUT2D eigenvalue weighted by Crippen LogP contribution is -1.93. The van der Waals surface area contributed by atoms with Gasteiger partial charge in [0, 0.05) is 6.20 Å². The largest absolute Gasteiger partial charge is 0.508 e. The van der Waals surface area contributed by atoms with Crippen LogP contribution in [0.1, 0.15) is 5.69 Å². The first-order chi connectivity index (χ1) is 6.66. The Morgan fingerprint density at radius 3 is 2.43 bits per heavy atom. The van der Waals surface area contributed by atoms with Crippen molar-refractivity contribution in [1.29, 1.82) is 0 Å². The van der Waals surface area contributed by atoms with Gasteiger partial charge in [0.05, 0.1) is 16.4 Å². The van der Waals surface area contributed by atoms with Crippen molar-refractivity contribution < 1.29 is 5.11 Å². The second-order valence-corrected chi connectivity index (χ2v) is 3.43. The summed E-state index contributed by atoms with van der Waals surface area (Å²) in [6.45, 7) is 1.85. The van der Waals surface area contributed by atoms with E-state index in [0.29, 0.717) is 5.02 Å². The summed E-state index contributed by atoms with van der Waals surface area (Å²) in [5.74, 6) is 0.240. The molecule has 0 amide bonds. The summed E-state index contributed by atoms with van der Waals surface area (Å²) < 4.78 is 1.68. The van der Waals surface area contributed by atoms with Gasteiger partial charge in [0.15, 0.2) is 0 Å². The number of aryl methyl sites for hydroxylation is 1. The highest BCUT2D eigenvalue weighted by Crippen LogP contribution is 2.17. The predicted molar refractivity (Wildman–Crippen MR) is 55.0 cm³/mol.